The summed E-state index contributed by atoms with van der Waals surface area (Å²) in [6, 6.07) is 8.71. The molecule has 1 aromatic rings. The first-order valence-electron chi connectivity index (χ1n) is 6.00. The molecule has 0 aromatic heterocycles. The molecule has 0 aliphatic carbocycles. The molecule has 0 saturated heterocycles. The predicted octanol–water partition coefficient (Wildman–Crippen LogP) is 3.56. The van der Waals surface area contributed by atoms with E-state index in [0.717, 1.165) is 13.1 Å². The van der Waals surface area contributed by atoms with Gasteiger partial charge < -0.3 is 5.32 Å². The molecule has 0 amide bonds. The van der Waals surface area contributed by atoms with Gasteiger partial charge in [0.2, 0.25) is 0 Å². The fourth-order valence-electron chi connectivity index (χ4n) is 1.41. The average Bonchev–Trinajstić information content (AvgIpc) is 2.20. The van der Waals surface area contributed by atoms with E-state index < -0.39 is 0 Å². The molecular weight excluding hydrogens is 182 g/mol. The third-order valence-corrected chi connectivity index (χ3v) is 2.12. The zero-order valence-corrected chi connectivity index (χ0v) is 10.6. The second-order valence-electron chi connectivity index (χ2n) is 3.70. The molecular formula is C14H25N. The Balaban J connectivity index is 0.000000336. The Morgan fingerprint density at radius 1 is 1.07 bits per heavy atom. The summed E-state index contributed by atoms with van der Waals surface area (Å²) in [6.07, 6.45) is 2.45. The van der Waals surface area contributed by atoms with Crippen LogP contribution in [0.4, 0.5) is 0 Å². The fourth-order valence-corrected chi connectivity index (χ4v) is 1.41. The van der Waals surface area contributed by atoms with Crippen LogP contribution < -0.4 is 5.32 Å². The van der Waals surface area contributed by atoms with Gasteiger partial charge in [0.05, 0.1) is 0 Å². The number of hydrogen-bond acceptors (Lipinski definition) is 1. The average molecular weight is 207 g/mol. The van der Waals surface area contributed by atoms with Gasteiger partial charge >= 0.3 is 0 Å². The van der Waals surface area contributed by atoms with Gasteiger partial charge in [0.15, 0.2) is 0 Å². The van der Waals surface area contributed by atoms with Crippen LogP contribution in [-0.4, -0.2) is 13.1 Å². The van der Waals surface area contributed by atoms with Crippen LogP contribution in [0.3, 0.4) is 0 Å². The lowest BCUT2D eigenvalue weighted by Crippen LogP contribution is -2.09. The van der Waals surface area contributed by atoms with Crippen molar-refractivity contribution in [2.24, 2.45) is 0 Å². The van der Waals surface area contributed by atoms with Gasteiger partial charge in [-0.3, -0.25) is 0 Å². The Kier molecular flexibility index (Phi) is 9.19. The molecule has 0 radical (unpaired) electrons. The van der Waals surface area contributed by atoms with Crippen molar-refractivity contribution in [3.05, 3.63) is 35.4 Å². The monoisotopic (exact) mass is 207 g/mol. The van der Waals surface area contributed by atoms with Gasteiger partial charge in [-0.05, 0) is 32.0 Å². The number of hydrogen-bond donors (Lipinski definition) is 1. The van der Waals surface area contributed by atoms with Gasteiger partial charge in [0, 0.05) is 0 Å². The second kappa shape index (κ2) is 9.72. The Hall–Kier alpha value is -0.820. The quantitative estimate of drug-likeness (QED) is 0.796. The molecule has 0 aliphatic heterocycles. The maximum absolute atomic E-state index is 3.11. The highest BCUT2D eigenvalue weighted by molar-refractivity contribution is 5.21. The van der Waals surface area contributed by atoms with Crippen LogP contribution in [0.2, 0.25) is 0 Å². The van der Waals surface area contributed by atoms with Gasteiger partial charge in [-0.2, -0.15) is 0 Å². The van der Waals surface area contributed by atoms with E-state index >= 15 is 0 Å². The van der Waals surface area contributed by atoms with Crippen LogP contribution in [0.1, 0.15) is 38.3 Å². The molecule has 0 saturated carbocycles. The van der Waals surface area contributed by atoms with E-state index in [4.69, 9.17) is 0 Å². The van der Waals surface area contributed by atoms with Crippen LogP contribution >= 0.6 is 0 Å². The molecule has 0 aliphatic rings. The third-order valence-electron chi connectivity index (χ3n) is 2.12. The summed E-state index contributed by atoms with van der Waals surface area (Å²) >= 11 is 0. The maximum atomic E-state index is 3.11. The van der Waals surface area contributed by atoms with E-state index in [1.165, 1.54) is 24.0 Å². The van der Waals surface area contributed by atoms with E-state index in [9.17, 15) is 0 Å². The summed E-state index contributed by atoms with van der Waals surface area (Å²) in [5.41, 5.74) is 2.83. The van der Waals surface area contributed by atoms with E-state index in [2.05, 4.69) is 57.3 Å². The minimum absolute atomic E-state index is 1.09. The minimum Gasteiger partial charge on any atom is -0.317 e. The summed E-state index contributed by atoms with van der Waals surface area (Å²) in [4.78, 5) is 0. The molecule has 0 bridgehead atoms. The van der Waals surface area contributed by atoms with Crippen LogP contribution in [0, 0.1) is 6.92 Å². The number of rotatable bonds is 4. The SMILES string of the molecule is CCCc1cccc(C)c1.CCNCC. The van der Waals surface area contributed by atoms with Crippen molar-refractivity contribution in [1.82, 2.24) is 5.32 Å². The number of aryl methyl sites for hydroxylation is 2. The zero-order valence-electron chi connectivity index (χ0n) is 10.6. The van der Waals surface area contributed by atoms with Crippen molar-refractivity contribution in [3.8, 4) is 0 Å². The van der Waals surface area contributed by atoms with Crippen LogP contribution in [-0.2, 0) is 6.42 Å². The maximum Gasteiger partial charge on any atom is -0.00775 e. The van der Waals surface area contributed by atoms with Crippen molar-refractivity contribution in [3.63, 3.8) is 0 Å². The molecule has 1 nitrogen and oxygen atoms in total. The van der Waals surface area contributed by atoms with Gasteiger partial charge in [0.25, 0.3) is 0 Å². The topological polar surface area (TPSA) is 12.0 Å². The molecule has 86 valence electrons. The summed E-state index contributed by atoms with van der Waals surface area (Å²) in [6.45, 7) is 10.7. The molecule has 1 aromatic carbocycles. The standard InChI is InChI=1S/C10H14.C4H11N/c1-3-5-10-7-4-6-9(2)8-10;1-3-5-4-2/h4,6-8H,3,5H2,1-2H3;5H,3-4H2,1-2H3. The van der Waals surface area contributed by atoms with Crippen molar-refractivity contribution >= 4 is 0 Å². The Morgan fingerprint density at radius 2 is 1.73 bits per heavy atom. The van der Waals surface area contributed by atoms with E-state index in [-0.39, 0.29) is 0 Å². The lowest BCUT2D eigenvalue weighted by atomic mass is 10.1. The van der Waals surface area contributed by atoms with Crippen molar-refractivity contribution < 1.29 is 0 Å². The highest BCUT2D eigenvalue weighted by Crippen LogP contribution is 2.05. The first kappa shape index (κ1) is 14.2. The number of nitrogens with one attached hydrogen (secondary N) is 1. The third kappa shape index (κ3) is 8.19. The zero-order chi connectivity index (χ0) is 11.5. The summed E-state index contributed by atoms with van der Waals surface area (Å²) < 4.78 is 0. The lowest BCUT2D eigenvalue weighted by molar-refractivity contribution is 0.762. The molecule has 1 rings (SSSR count). The van der Waals surface area contributed by atoms with Crippen molar-refractivity contribution in [2.45, 2.75) is 40.5 Å². The highest BCUT2D eigenvalue weighted by atomic mass is 14.8. The smallest absolute Gasteiger partial charge is 0.00775 e. The normalized spacial score (nSPS) is 9.33. The molecule has 1 N–H and O–H groups in total. The van der Waals surface area contributed by atoms with Gasteiger partial charge in [0.1, 0.15) is 0 Å². The molecule has 1 heteroatoms. The Bertz CT molecular complexity index is 241. The lowest BCUT2D eigenvalue weighted by Gasteiger charge is -1.97. The molecule has 0 spiro atoms. The summed E-state index contributed by atoms with van der Waals surface area (Å²) in [7, 11) is 0. The molecule has 15 heavy (non-hydrogen) atoms. The molecule has 0 atom stereocenters. The van der Waals surface area contributed by atoms with Gasteiger partial charge in [-0.25, -0.2) is 0 Å². The largest absolute Gasteiger partial charge is 0.317 e. The predicted molar refractivity (Wildman–Crippen MR) is 69.4 cm³/mol. The first-order valence-corrected chi connectivity index (χ1v) is 6.00. The van der Waals surface area contributed by atoms with Crippen LogP contribution in [0.15, 0.2) is 24.3 Å². The minimum atomic E-state index is 1.09. The van der Waals surface area contributed by atoms with Crippen LogP contribution in [0.25, 0.3) is 0 Å². The van der Waals surface area contributed by atoms with Crippen molar-refractivity contribution in [1.29, 1.82) is 0 Å². The molecule has 0 fully saturated rings. The van der Waals surface area contributed by atoms with E-state index in [1.807, 2.05) is 0 Å². The van der Waals surface area contributed by atoms with E-state index in [1.54, 1.807) is 0 Å². The molecule has 0 unspecified atom stereocenters. The van der Waals surface area contributed by atoms with Gasteiger partial charge in [-0.1, -0.05) is 57.0 Å². The summed E-state index contributed by atoms with van der Waals surface area (Å²) in [5.74, 6) is 0. The highest BCUT2D eigenvalue weighted by Gasteiger charge is 1.88. The second-order valence-corrected chi connectivity index (χ2v) is 3.70. The Labute approximate surface area is 94.9 Å². The fraction of sp³-hybridized carbons (Fsp3) is 0.571. The van der Waals surface area contributed by atoms with Crippen molar-refractivity contribution in [2.75, 3.05) is 13.1 Å². The van der Waals surface area contributed by atoms with Crippen LogP contribution in [0.5, 0.6) is 0 Å². The number of benzene rings is 1. The first-order chi connectivity index (χ1) is 7.24. The summed E-state index contributed by atoms with van der Waals surface area (Å²) in [5, 5.41) is 3.11. The Morgan fingerprint density at radius 3 is 2.13 bits per heavy atom. The van der Waals surface area contributed by atoms with E-state index in [0.29, 0.717) is 0 Å². The molecule has 0 heterocycles. The van der Waals surface area contributed by atoms with Gasteiger partial charge in [-0.15, -0.1) is 0 Å².